The lowest BCUT2D eigenvalue weighted by molar-refractivity contribution is -0.140. The molecular weight excluding hydrogens is 336 g/mol. The third-order valence-corrected chi connectivity index (χ3v) is 5.49. The third kappa shape index (κ3) is 4.04. The van der Waals surface area contributed by atoms with Gasteiger partial charge >= 0.3 is 5.97 Å². The summed E-state index contributed by atoms with van der Waals surface area (Å²) >= 11 is 3.33. The maximum Gasteiger partial charge on any atom is 0.307 e. The molecule has 1 aromatic heterocycles. The van der Waals surface area contributed by atoms with Crippen molar-refractivity contribution in [2.24, 2.45) is 5.92 Å². The standard InChI is InChI=1S/C11H17BrN2O4S/c1-4-14-9(10(12)8(3)13-14)6-19(17,18)5-7(2)11(15)16/h7H,4-6H2,1-3H3,(H,15,16). The van der Waals surface area contributed by atoms with Crippen LogP contribution < -0.4 is 0 Å². The number of halogens is 1. The summed E-state index contributed by atoms with van der Waals surface area (Å²) in [5.74, 6) is -2.60. The molecule has 0 aliphatic heterocycles. The summed E-state index contributed by atoms with van der Waals surface area (Å²) in [5, 5.41) is 13.0. The molecule has 0 spiro atoms. The molecule has 0 bridgehead atoms. The van der Waals surface area contributed by atoms with E-state index in [1.54, 1.807) is 11.6 Å². The molecule has 108 valence electrons. The van der Waals surface area contributed by atoms with Crippen LogP contribution in [0.5, 0.6) is 0 Å². The van der Waals surface area contributed by atoms with Crippen molar-refractivity contribution in [1.29, 1.82) is 0 Å². The SMILES string of the molecule is CCn1nc(C)c(Br)c1CS(=O)(=O)CC(C)C(=O)O. The maximum absolute atomic E-state index is 12.0. The highest BCUT2D eigenvalue weighted by atomic mass is 79.9. The van der Waals surface area contributed by atoms with Gasteiger partial charge in [-0.25, -0.2) is 8.42 Å². The summed E-state index contributed by atoms with van der Waals surface area (Å²) < 4.78 is 26.3. The summed E-state index contributed by atoms with van der Waals surface area (Å²) in [4.78, 5) is 10.7. The number of hydrogen-bond acceptors (Lipinski definition) is 4. The van der Waals surface area contributed by atoms with E-state index < -0.39 is 21.7 Å². The molecule has 1 heterocycles. The van der Waals surface area contributed by atoms with Gasteiger partial charge in [-0.05, 0) is 29.8 Å². The van der Waals surface area contributed by atoms with Crippen molar-refractivity contribution in [3.05, 3.63) is 15.9 Å². The Balaban J connectivity index is 2.99. The first-order valence-corrected chi connectivity index (χ1v) is 8.44. The molecule has 0 saturated carbocycles. The molecule has 0 aliphatic carbocycles. The first-order chi connectivity index (χ1) is 8.68. The van der Waals surface area contributed by atoms with Crippen LogP contribution in [0.3, 0.4) is 0 Å². The lowest BCUT2D eigenvalue weighted by atomic mass is 10.2. The van der Waals surface area contributed by atoms with E-state index in [1.807, 2.05) is 6.92 Å². The second kappa shape index (κ2) is 6.04. The highest BCUT2D eigenvalue weighted by molar-refractivity contribution is 9.10. The number of aryl methyl sites for hydroxylation is 2. The van der Waals surface area contributed by atoms with E-state index in [0.29, 0.717) is 16.7 Å². The van der Waals surface area contributed by atoms with Gasteiger partial charge in [0, 0.05) is 6.54 Å². The molecule has 0 saturated heterocycles. The van der Waals surface area contributed by atoms with Crippen LogP contribution in [-0.2, 0) is 26.9 Å². The van der Waals surface area contributed by atoms with Gasteiger partial charge in [0.2, 0.25) is 0 Å². The quantitative estimate of drug-likeness (QED) is 0.839. The minimum Gasteiger partial charge on any atom is -0.481 e. The van der Waals surface area contributed by atoms with E-state index in [-0.39, 0.29) is 11.5 Å². The second-order valence-electron chi connectivity index (χ2n) is 4.46. The summed E-state index contributed by atoms with van der Waals surface area (Å²) in [6.45, 7) is 5.60. The lowest BCUT2D eigenvalue weighted by Crippen LogP contribution is -2.23. The van der Waals surface area contributed by atoms with Gasteiger partial charge in [0.05, 0.1) is 33.3 Å². The second-order valence-corrected chi connectivity index (χ2v) is 7.36. The van der Waals surface area contributed by atoms with Crippen LogP contribution in [-0.4, -0.2) is 35.0 Å². The number of carboxylic acids is 1. The molecule has 1 unspecified atom stereocenters. The predicted octanol–water partition coefficient (Wildman–Crippen LogP) is 1.61. The summed E-state index contributed by atoms with van der Waals surface area (Å²) in [6.07, 6.45) is 0. The average molecular weight is 353 g/mol. The van der Waals surface area contributed by atoms with Crippen molar-refractivity contribution >= 4 is 31.7 Å². The molecule has 1 rings (SSSR count). The highest BCUT2D eigenvalue weighted by Gasteiger charge is 2.24. The largest absolute Gasteiger partial charge is 0.481 e. The van der Waals surface area contributed by atoms with Crippen LogP contribution >= 0.6 is 15.9 Å². The fraction of sp³-hybridized carbons (Fsp3) is 0.636. The van der Waals surface area contributed by atoms with Crippen LogP contribution in [0.2, 0.25) is 0 Å². The minimum absolute atomic E-state index is 0.208. The molecule has 0 aliphatic rings. The Hall–Kier alpha value is -0.890. The van der Waals surface area contributed by atoms with Gasteiger partial charge in [0.25, 0.3) is 0 Å². The number of carbonyl (C=O) groups is 1. The molecule has 0 radical (unpaired) electrons. The van der Waals surface area contributed by atoms with Gasteiger partial charge in [-0.3, -0.25) is 9.48 Å². The molecule has 1 aromatic rings. The molecular formula is C11H17BrN2O4S. The Kier molecular flexibility index (Phi) is 5.14. The van der Waals surface area contributed by atoms with Crippen molar-refractivity contribution in [3.8, 4) is 0 Å². The lowest BCUT2D eigenvalue weighted by Gasteiger charge is -2.09. The Morgan fingerprint density at radius 1 is 1.53 bits per heavy atom. The van der Waals surface area contributed by atoms with Gasteiger partial charge in [-0.1, -0.05) is 6.92 Å². The molecule has 1 N–H and O–H groups in total. The van der Waals surface area contributed by atoms with Crippen LogP contribution in [0.25, 0.3) is 0 Å². The zero-order chi connectivity index (χ0) is 14.8. The maximum atomic E-state index is 12.0. The van der Waals surface area contributed by atoms with Crippen LogP contribution in [0.4, 0.5) is 0 Å². The number of rotatable bonds is 6. The van der Waals surface area contributed by atoms with Gasteiger partial charge in [-0.2, -0.15) is 5.10 Å². The zero-order valence-corrected chi connectivity index (χ0v) is 13.5. The summed E-state index contributed by atoms with van der Waals surface area (Å²) in [5.41, 5.74) is 1.29. The van der Waals surface area contributed by atoms with E-state index in [4.69, 9.17) is 5.11 Å². The first kappa shape index (κ1) is 16.2. The smallest absolute Gasteiger partial charge is 0.307 e. The molecule has 1 atom stereocenters. The number of sulfone groups is 1. The van der Waals surface area contributed by atoms with Crippen LogP contribution in [0.15, 0.2) is 4.47 Å². The molecule has 8 heteroatoms. The summed E-state index contributed by atoms with van der Waals surface area (Å²) in [7, 11) is -3.49. The van der Waals surface area contributed by atoms with Crippen molar-refractivity contribution in [3.63, 3.8) is 0 Å². The van der Waals surface area contributed by atoms with Crippen LogP contribution in [0.1, 0.15) is 25.2 Å². The zero-order valence-electron chi connectivity index (χ0n) is 11.1. The number of aliphatic carboxylic acids is 1. The van der Waals surface area contributed by atoms with Crippen LogP contribution in [0, 0.1) is 12.8 Å². The van der Waals surface area contributed by atoms with Gasteiger partial charge < -0.3 is 5.11 Å². The van der Waals surface area contributed by atoms with Crippen molar-refractivity contribution in [2.45, 2.75) is 33.1 Å². The third-order valence-electron chi connectivity index (χ3n) is 2.73. The number of carboxylic acid groups (broad SMARTS) is 1. The topological polar surface area (TPSA) is 89.3 Å². The van der Waals surface area contributed by atoms with Gasteiger partial charge in [0.1, 0.15) is 0 Å². The molecule has 0 fully saturated rings. The molecule has 0 aromatic carbocycles. The number of hydrogen-bond donors (Lipinski definition) is 1. The highest BCUT2D eigenvalue weighted by Crippen LogP contribution is 2.23. The van der Waals surface area contributed by atoms with E-state index in [0.717, 1.165) is 5.69 Å². The molecule has 0 amide bonds. The van der Waals surface area contributed by atoms with E-state index in [9.17, 15) is 13.2 Å². The van der Waals surface area contributed by atoms with Crippen molar-refractivity contribution in [2.75, 3.05) is 5.75 Å². The average Bonchev–Trinajstić information content (AvgIpc) is 2.55. The normalized spacial score (nSPS) is 13.5. The number of aromatic nitrogens is 2. The monoisotopic (exact) mass is 352 g/mol. The van der Waals surface area contributed by atoms with Gasteiger partial charge in [0.15, 0.2) is 9.84 Å². The van der Waals surface area contributed by atoms with E-state index in [1.165, 1.54) is 6.92 Å². The fourth-order valence-electron chi connectivity index (χ4n) is 1.73. The van der Waals surface area contributed by atoms with Gasteiger partial charge in [-0.15, -0.1) is 0 Å². The van der Waals surface area contributed by atoms with Crippen molar-refractivity contribution in [1.82, 2.24) is 9.78 Å². The molecule has 6 nitrogen and oxygen atoms in total. The minimum atomic E-state index is -3.49. The first-order valence-electron chi connectivity index (χ1n) is 5.83. The fourth-order valence-corrected chi connectivity index (χ4v) is 4.07. The van der Waals surface area contributed by atoms with Crippen molar-refractivity contribution < 1.29 is 18.3 Å². The Bertz CT molecular complexity index is 580. The summed E-state index contributed by atoms with van der Waals surface area (Å²) in [6, 6.07) is 0. The Morgan fingerprint density at radius 2 is 2.11 bits per heavy atom. The van der Waals surface area contributed by atoms with E-state index in [2.05, 4.69) is 21.0 Å². The Labute approximate surface area is 120 Å². The van der Waals surface area contributed by atoms with E-state index >= 15 is 0 Å². The predicted molar refractivity (Wildman–Crippen MR) is 74.6 cm³/mol. The number of nitrogens with zero attached hydrogens (tertiary/aromatic N) is 2. The Morgan fingerprint density at radius 3 is 2.58 bits per heavy atom. The molecule has 19 heavy (non-hydrogen) atoms.